The maximum atomic E-state index is 3.75. The molecule has 0 spiro atoms. The van der Waals surface area contributed by atoms with Gasteiger partial charge in [-0.25, -0.2) is 0 Å². The number of nitrogens with zero attached hydrogens (tertiary/aromatic N) is 3. The lowest BCUT2D eigenvalue weighted by atomic mass is 9.78. The summed E-state index contributed by atoms with van der Waals surface area (Å²) in [7, 11) is 0. The van der Waals surface area contributed by atoms with E-state index < -0.39 is 0 Å². The van der Waals surface area contributed by atoms with Crippen molar-refractivity contribution in [2.75, 3.05) is 27.8 Å². The maximum Gasteiger partial charge on any atom is 0.0835 e. The van der Waals surface area contributed by atoms with Gasteiger partial charge in [-0.05, 0) is 115 Å². The van der Waals surface area contributed by atoms with Gasteiger partial charge in [-0.3, -0.25) is 10.6 Å². The summed E-state index contributed by atoms with van der Waals surface area (Å²) in [6.07, 6.45) is 3.48. The first-order valence-electron chi connectivity index (χ1n) is 20.6. The van der Waals surface area contributed by atoms with E-state index in [-0.39, 0.29) is 6.17 Å². The Labute approximate surface area is 337 Å². The van der Waals surface area contributed by atoms with Gasteiger partial charge in [-0.1, -0.05) is 115 Å². The van der Waals surface area contributed by atoms with Crippen LogP contribution >= 0.6 is 0 Å². The van der Waals surface area contributed by atoms with Crippen LogP contribution in [-0.4, -0.2) is 25.2 Å². The lowest BCUT2D eigenvalue weighted by Gasteiger charge is -2.42. The molecular weight excluding hydrogens is 695 g/mol. The van der Waals surface area contributed by atoms with E-state index in [1.807, 2.05) is 0 Å². The zero-order valence-corrected chi connectivity index (χ0v) is 32.2. The van der Waals surface area contributed by atoms with Gasteiger partial charge in [0.15, 0.2) is 0 Å². The lowest BCUT2D eigenvalue weighted by molar-refractivity contribution is 0.348. The highest BCUT2D eigenvalue weighted by Crippen LogP contribution is 2.54. The number of rotatable bonds is 9. The molecular formula is C52H49N5. The fraction of sp³-hybridized carbons (Fsp3) is 0.192. The van der Waals surface area contributed by atoms with Crippen molar-refractivity contribution in [2.45, 2.75) is 49.3 Å². The summed E-state index contributed by atoms with van der Waals surface area (Å²) in [6.45, 7) is 1.90. The van der Waals surface area contributed by atoms with Gasteiger partial charge in [-0.15, -0.1) is 0 Å². The Hall–Kier alpha value is -6.14. The van der Waals surface area contributed by atoms with E-state index in [1.54, 1.807) is 0 Å². The van der Waals surface area contributed by atoms with E-state index >= 15 is 0 Å². The molecule has 1 aliphatic carbocycles. The summed E-state index contributed by atoms with van der Waals surface area (Å²) in [5.74, 6) is 0.780. The number of para-hydroxylation sites is 4. The first kappa shape index (κ1) is 35.3. The average Bonchev–Trinajstić information content (AvgIpc) is 3.61. The fourth-order valence-electron chi connectivity index (χ4n) is 9.75. The molecule has 2 heterocycles. The predicted molar refractivity (Wildman–Crippen MR) is 237 cm³/mol. The summed E-state index contributed by atoms with van der Waals surface area (Å²) in [6, 6.07) is 71.7. The Morgan fingerprint density at radius 1 is 0.474 bits per heavy atom. The first-order chi connectivity index (χ1) is 28.3. The van der Waals surface area contributed by atoms with Crippen LogP contribution in [0, 0.1) is 0 Å². The molecule has 10 rings (SSSR count). The Morgan fingerprint density at radius 3 is 1.56 bits per heavy atom. The zero-order valence-electron chi connectivity index (χ0n) is 32.2. The molecule has 1 saturated heterocycles. The number of nitrogens with one attached hydrogen (secondary N) is 2. The predicted octanol–water partition coefficient (Wildman–Crippen LogP) is 12.1. The standard InChI is InChI=1S/C52H49N5/c1-6-16-39(17-7-1)52-53-36-40(37-54-52)38-26-28-45(29-27-38)57-50-32-30-46(55(41-18-8-2-9-19-41)42-20-10-3-11-21-42)34-48(50)49-35-47(31-33-51(49)57)56(43-22-12-4-13-23-43)44-24-14-5-15-25-44/h1-30,32,34,40,47,49,51-54H,31,33,35-37H2/t40?,47?,49-,51?,52?/m0/s1. The second-order valence-electron chi connectivity index (χ2n) is 15.8. The molecule has 2 aliphatic heterocycles. The van der Waals surface area contributed by atoms with Crippen LogP contribution in [0.15, 0.2) is 194 Å². The van der Waals surface area contributed by atoms with E-state index in [0.717, 1.165) is 43.7 Å². The lowest BCUT2D eigenvalue weighted by Crippen LogP contribution is -2.45. The fourth-order valence-corrected chi connectivity index (χ4v) is 9.75. The van der Waals surface area contributed by atoms with E-state index in [2.05, 4.69) is 219 Å². The van der Waals surface area contributed by atoms with Crippen LogP contribution in [0.2, 0.25) is 0 Å². The molecule has 1 saturated carbocycles. The van der Waals surface area contributed by atoms with Gasteiger partial charge in [0, 0.05) is 76.8 Å². The molecule has 2 N–H and O–H groups in total. The first-order valence-corrected chi connectivity index (χ1v) is 20.6. The van der Waals surface area contributed by atoms with Gasteiger partial charge in [-0.2, -0.15) is 0 Å². The number of hydrogen-bond acceptors (Lipinski definition) is 5. The minimum absolute atomic E-state index is 0.194. The monoisotopic (exact) mass is 743 g/mol. The summed E-state index contributed by atoms with van der Waals surface area (Å²) in [4.78, 5) is 7.69. The van der Waals surface area contributed by atoms with Crippen LogP contribution in [-0.2, 0) is 0 Å². The molecule has 0 bridgehead atoms. The van der Waals surface area contributed by atoms with Crippen LogP contribution in [0.4, 0.5) is 39.8 Å². The third-order valence-electron chi connectivity index (χ3n) is 12.4. The molecule has 3 aliphatic rings. The summed E-state index contributed by atoms with van der Waals surface area (Å²) >= 11 is 0. The zero-order chi connectivity index (χ0) is 38.0. The summed E-state index contributed by atoms with van der Waals surface area (Å²) in [5.41, 5.74) is 12.8. The van der Waals surface area contributed by atoms with Crippen molar-refractivity contribution in [1.29, 1.82) is 0 Å². The third kappa shape index (κ3) is 6.99. The quantitative estimate of drug-likeness (QED) is 0.154. The average molecular weight is 744 g/mol. The molecule has 5 heteroatoms. The molecule has 282 valence electrons. The van der Waals surface area contributed by atoms with E-state index in [9.17, 15) is 0 Å². The molecule has 0 amide bonds. The Bertz CT molecular complexity index is 2280. The smallest absolute Gasteiger partial charge is 0.0835 e. The molecule has 0 aromatic heterocycles. The third-order valence-corrected chi connectivity index (χ3v) is 12.4. The molecule has 57 heavy (non-hydrogen) atoms. The van der Waals surface area contributed by atoms with Crippen molar-refractivity contribution in [1.82, 2.24) is 10.6 Å². The molecule has 3 atom stereocenters. The van der Waals surface area contributed by atoms with Crippen molar-refractivity contribution in [3.05, 3.63) is 211 Å². The van der Waals surface area contributed by atoms with Crippen LogP contribution in [0.1, 0.15) is 54.0 Å². The molecule has 7 aromatic rings. The second-order valence-corrected chi connectivity index (χ2v) is 15.8. The van der Waals surface area contributed by atoms with E-state index in [1.165, 1.54) is 45.1 Å². The van der Waals surface area contributed by atoms with Gasteiger partial charge >= 0.3 is 0 Å². The van der Waals surface area contributed by atoms with E-state index in [4.69, 9.17) is 0 Å². The Kier molecular flexibility index (Phi) is 9.77. The largest absolute Gasteiger partial charge is 0.338 e. The maximum absolute atomic E-state index is 3.75. The topological polar surface area (TPSA) is 33.8 Å². The molecule has 5 nitrogen and oxygen atoms in total. The number of fused-ring (bicyclic) bond motifs is 3. The Balaban J connectivity index is 1.00. The highest BCUT2D eigenvalue weighted by atomic mass is 15.2. The normalized spacial score (nSPS) is 21.3. The van der Waals surface area contributed by atoms with Gasteiger partial charge in [0.1, 0.15) is 0 Å². The van der Waals surface area contributed by atoms with Crippen molar-refractivity contribution in [3.63, 3.8) is 0 Å². The molecule has 2 fully saturated rings. The molecule has 0 radical (unpaired) electrons. The van der Waals surface area contributed by atoms with Gasteiger partial charge in [0.25, 0.3) is 0 Å². The Morgan fingerprint density at radius 2 is 1.00 bits per heavy atom. The van der Waals surface area contributed by atoms with Crippen LogP contribution in [0.5, 0.6) is 0 Å². The number of anilines is 7. The SMILES string of the molecule is c1ccc(C2NCC(c3ccc(N4c5ccc(N(c6ccccc6)c6ccccc6)cc5[C@@H]5CC(N(c6ccccc6)c6ccccc6)CCC54)cc3)CN2)cc1. The minimum Gasteiger partial charge on any atom is -0.338 e. The van der Waals surface area contributed by atoms with Crippen molar-refractivity contribution < 1.29 is 0 Å². The van der Waals surface area contributed by atoms with Gasteiger partial charge < -0.3 is 14.7 Å². The number of benzene rings is 7. The van der Waals surface area contributed by atoms with E-state index in [0.29, 0.717) is 23.9 Å². The second kappa shape index (κ2) is 15.8. The van der Waals surface area contributed by atoms with Gasteiger partial charge in [0.2, 0.25) is 0 Å². The van der Waals surface area contributed by atoms with Crippen LogP contribution < -0.4 is 25.3 Å². The highest BCUT2D eigenvalue weighted by molar-refractivity contribution is 5.82. The van der Waals surface area contributed by atoms with Crippen molar-refractivity contribution in [2.24, 2.45) is 0 Å². The van der Waals surface area contributed by atoms with Crippen LogP contribution in [0.25, 0.3) is 0 Å². The summed E-state index contributed by atoms with van der Waals surface area (Å²) in [5, 5.41) is 7.50. The van der Waals surface area contributed by atoms with Crippen molar-refractivity contribution >= 4 is 39.8 Å². The molecule has 2 unspecified atom stereocenters. The van der Waals surface area contributed by atoms with Crippen molar-refractivity contribution in [3.8, 4) is 0 Å². The van der Waals surface area contributed by atoms with Gasteiger partial charge in [0.05, 0.1) is 6.17 Å². The highest BCUT2D eigenvalue weighted by Gasteiger charge is 2.45. The molecule has 7 aromatic carbocycles. The minimum atomic E-state index is 0.194. The van der Waals surface area contributed by atoms with Crippen LogP contribution in [0.3, 0.4) is 0 Å². The summed E-state index contributed by atoms with van der Waals surface area (Å²) < 4.78 is 0. The number of hydrogen-bond donors (Lipinski definition) is 2.